The molecule has 278 valence electrons. The van der Waals surface area contributed by atoms with Crippen molar-refractivity contribution in [1.29, 1.82) is 0 Å². The number of anilines is 2. The van der Waals surface area contributed by atoms with Crippen LogP contribution in [0.15, 0.2) is 146 Å². The Balaban J connectivity index is 0.973. The molecule has 0 saturated carbocycles. The summed E-state index contributed by atoms with van der Waals surface area (Å²) in [6, 6.07) is 38.4. The van der Waals surface area contributed by atoms with Crippen molar-refractivity contribution in [3.05, 3.63) is 173 Å². The lowest BCUT2D eigenvalue weighted by Gasteiger charge is -2.09. The second-order valence-electron chi connectivity index (χ2n) is 12.1. The summed E-state index contributed by atoms with van der Waals surface area (Å²) in [4.78, 5) is 73.5. The number of hydrogen-bond acceptors (Lipinski definition) is 10. The normalized spacial score (nSPS) is 10.4. The number of ether oxygens (including phenoxy) is 4. The Kier molecular flexibility index (Phi) is 11.7. The van der Waals surface area contributed by atoms with Crippen LogP contribution in [-0.2, 0) is 9.53 Å². The van der Waals surface area contributed by atoms with Crippen molar-refractivity contribution in [2.75, 3.05) is 17.7 Å². The van der Waals surface area contributed by atoms with E-state index in [0.717, 1.165) is 11.1 Å². The molecule has 0 aliphatic heterocycles. The molecule has 0 unspecified atom stereocenters. The van der Waals surface area contributed by atoms with Crippen LogP contribution in [0.4, 0.5) is 11.4 Å². The highest BCUT2D eigenvalue weighted by molar-refractivity contribution is 6.05. The summed E-state index contributed by atoms with van der Waals surface area (Å²) in [6.07, 6.45) is 0. The Hall–Kier alpha value is -7.86. The highest BCUT2D eigenvalue weighted by Gasteiger charge is 2.14. The average Bonchev–Trinajstić information content (AvgIpc) is 3.21. The van der Waals surface area contributed by atoms with Gasteiger partial charge in [0.25, 0.3) is 11.8 Å². The fourth-order valence-electron chi connectivity index (χ4n) is 5.26. The number of esters is 4. The van der Waals surface area contributed by atoms with E-state index in [0.29, 0.717) is 45.3 Å². The van der Waals surface area contributed by atoms with Gasteiger partial charge in [-0.15, -0.1) is 0 Å². The highest BCUT2D eigenvalue weighted by atomic mass is 16.5. The molecule has 0 heterocycles. The third kappa shape index (κ3) is 9.76. The first-order valence-electron chi connectivity index (χ1n) is 17.0. The molecule has 0 aliphatic carbocycles. The van der Waals surface area contributed by atoms with Crippen molar-refractivity contribution in [3.8, 4) is 28.4 Å². The van der Waals surface area contributed by atoms with E-state index in [-0.39, 0.29) is 22.9 Å². The molecule has 0 spiro atoms. The molecule has 6 aromatic rings. The molecule has 0 aliphatic rings. The van der Waals surface area contributed by atoms with E-state index in [1.165, 1.54) is 86.8 Å². The quantitative estimate of drug-likeness (QED) is 0.0980. The summed E-state index contributed by atoms with van der Waals surface area (Å²) in [5.74, 6) is -1.88. The van der Waals surface area contributed by atoms with Gasteiger partial charge in [0, 0.05) is 29.4 Å². The van der Waals surface area contributed by atoms with Crippen molar-refractivity contribution in [1.82, 2.24) is 0 Å². The Labute approximate surface area is 320 Å². The Morgan fingerprint density at radius 3 is 1.05 bits per heavy atom. The second kappa shape index (κ2) is 17.3. The fourth-order valence-corrected chi connectivity index (χ4v) is 5.26. The van der Waals surface area contributed by atoms with Crippen molar-refractivity contribution in [2.24, 2.45) is 0 Å². The van der Waals surface area contributed by atoms with Gasteiger partial charge in [0.15, 0.2) is 0 Å². The standard InChI is InChI=1S/C44H32N2O10/c1-27(47)54-37-25-15-31(16-26-37)41(49)46-36-19-9-34(10-20-36)44(52)56-39-23-13-29(14-24-39)28-11-21-38(22-12-28)55-43(51)33-7-17-35(18-8-33)45-40(48)30-3-5-32(6-4-30)42(50)53-2/h3-26H,1-2H3,(H,45,48)(H,46,49). The van der Waals surface area contributed by atoms with Crippen LogP contribution in [0.1, 0.15) is 58.7 Å². The molecule has 0 aromatic heterocycles. The predicted octanol–water partition coefficient (Wildman–Crippen LogP) is 8.01. The van der Waals surface area contributed by atoms with Gasteiger partial charge in [-0.05, 0) is 132 Å². The molecular formula is C44H32N2O10. The van der Waals surface area contributed by atoms with Gasteiger partial charge < -0.3 is 29.6 Å². The zero-order valence-electron chi connectivity index (χ0n) is 29.9. The molecular weight excluding hydrogens is 716 g/mol. The summed E-state index contributed by atoms with van der Waals surface area (Å²) in [5, 5.41) is 5.49. The first-order valence-corrected chi connectivity index (χ1v) is 17.0. The molecule has 0 bridgehead atoms. The van der Waals surface area contributed by atoms with E-state index in [1.807, 2.05) is 0 Å². The van der Waals surface area contributed by atoms with Crippen LogP contribution in [0, 0.1) is 0 Å². The molecule has 56 heavy (non-hydrogen) atoms. The first-order chi connectivity index (χ1) is 27.0. The maximum Gasteiger partial charge on any atom is 0.343 e. The SMILES string of the molecule is COC(=O)c1ccc(C(=O)Nc2ccc(C(=O)Oc3ccc(-c4ccc(OC(=O)c5ccc(NC(=O)c6ccc(OC(C)=O)cc6)cc5)cc4)cc3)cc2)cc1. The number of rotatable bonds is 11. The number of methoxy groups -OCH3 is 1. The van der Waals surface area contributed by atoms with E-state index < -0.39 is 23.9 Å². The van der Waals surface area contributed by atoms with E-state index in [4.69, 9.17) is 14.2 Å². The topological polar surface area (TPSA) is 163 Å². The summed E-state index contributed by atoms with van der Waals surface area (Å²) >= 11 is 0. The molecule has 0 fully saturated rings. The van der Waals surface area contributed by atoms with Crippen LogP contribution in [0.5, 0.6) is 17.2 Å². The largest absolute Gasteiger partial charge is 0.465 e. The number of carbonyl (C=O) groups excluding carboxylic acids is 6. The monoisotopic (exact) mass is 748 g/mol. The van der Waals surface area contributed by atoms with E-state index in [1.54, 1.807) is 72.8 Å². The Morgan fingerprint density at radius 1 is 0.375 bits per heavy atom. The number of amides is 2. The molecule has 2 amide bonds. The summed E-state index contributed by atoms with van der Waals surface area (Å²) < 4.78 is 20.7. The maximum absolute atomic E-state index is 12.8. The van der Waals surface area contributed by atoms with Crippen molar-refractivity contribution < 1.29 is 47.7 Å². The zero-order valence-corrected chi connectivity index (χ0v) is 29.9. The van der Waals surface area contributed by atoms with Gasteiger partial charge in [-0.25, -0.2) is 14.4 Å². The Bertz CT molecular complexity index is 2390. The summed E-state index contributed by atoms with van der Waals surface area (Å²) in [5.41, 5.74) is 4.21. The molecule has 12 nitrogen and oxygen atoms in total. The third-order valence-electron chi connectivity index (χ3n) is 8.17. The second-order valence-corrected chi connectivity index (χ2v) is 12.1. The smallest absolute Gasteiger partial charge is 0.343 e. The van der Waals surface area contributed by atoms with Crippen molar-refractivity contribution in [3.63, 3.8) is 0 Å². The minimum absolute atomic E-state index is 0.281. The molecule has 6 aromatic carbocycles. The Morgan fingerprint density at radius 2 is 0.679 bits per heavy atom. The van der Waals surface area contributed by atoms with E-state index in [9.17, 15) is 28.8 Å². The number of hydrogen-bond donors (Lipinski definition) is 2. The number of nitrogens with one attached hydrogen (secondary N) is 2. The van der Waals surface area contributed by atoms with E-state index in [2.05, 4.69) is 15.4 Å². The lowest BCUT2D eigenvalue weighted by Crippen LogP contribution is -2.13. The summed E-state index contributed by atoms with van der Waals surface area (Å²) in [6.45, 7) is 1.29. The molecule has 0 radical (unpaired) electrons. The van der Waals surface area contributed by atoms with Gasteiger partial charge in [-0.3, -0.25) is 14.4 Å². The lowest BCUT2D eigenvalue weighted by molar-refractivity contribution is -0.131. The van der Waals surface area contributed by atoms with Crippen molar-refractivity contribution in [2.45, 2.75) is 6.92 Å². The van der Waals surface area contributed by atoms with Gasteiger partial charge in [-0.1, -0.05) is 24.3 Å². The number of carbonyl (C=O) groups is 6. The molecule has 2 N–H and O–H groups in total. The van der Waals surface area contributed by atoms with Crippen LogP contribution in [-0.4, -0.2) is 42.8 Å². The van der Waals surface area contributed by atoms with Crippen LogP contribution in [0.25, 0.3) is 11.1 Å². The highest BCUT2D eigenvalue weighted by Crippen LogP contribution is 2.26. The molecule has 12 heteroatoms. The number of benzene rings is 6. The molecule has 6 rings (SSSR count). The lowest BCUT2D eigenvalue weighted by atomic mass is 10.1. The van der Waals surface area contributed by atoms with Crippen LogP contribution >= 0.6 is 0 Å². The predicted molar refractivity (Wildman–Crippen MR) is 206 cm³/mol. The minimum atomic E-state index is -0.580. The van der Waals surface area contributed by atoms with Crippen LogP contribution in [0.3, 0.4) is 0 Å². The summed E-state index contributed by atoms with van der Waals surface area (Å²) in [7, 11) is 1.28. The van der Waals surface area contributed by atoms with Gasteiger partial charge in [0.2, 0.25) is 0 Å². The molecule has 0 atom stereocenters. The average molecular weight is 749 g/mol. The van der Waals surface area contributed by atoms with Gasteiger partial charge in [-0.2, -0.15) is 0 Å². The van der Waals surface area contributed by atoms with Gasteiger partial charge in [0.05, 0.1) is 23.8 Å². The zero-order chi connectivity index (χ0) is 39.6. The minimum Gasteiger partial charge on any atom is -0.465 e. The van der Waals surface area contributed by atoms with Crippen LogP contribution in [0.2, 0.25) is 0 Å². The first kappa shape index (κ1) is 37.9. The van der Waals surface area contributed by atoms with E-state index >= 15 is 0 Å². The molecule has 0 saturated heterocycles. The van der Waals surface area contributed by atoms with Crippen molar-refractivity contribution >= 4 is 47.1 Å². The third-order valence-corrected chi connectivity index (χ3v) is 8.17. The van der Waals surface area contributed by atoms with Gasteiger partial charge in [0.1, 0.15) is 17.2 Å². The maximum atomic E-state index is 12.8. The van der Waals surface area contributed by atoms with Gasteiger partial charge >= 0.3 is 23.9 Å². The van der Waals surface area contributed by atoms with Crippen LogP contribution < -0.4 is 24.8 Å². The fraction of sp³-hybridized carbons (Fsp3) is 0.0455.